The molecule has 92 valence electrons. The van der Waals surface area contributed by atoms with Gasteiger partial charge in [0.15, 0.2) is 0 Å². The fraction of sp³-hybridized carbons (Fsp3) is 0. The molecule has 0 heterocycles. The summed E-state index contributed by atoms with van der Waals surface area (Å²) in [5.41, 5.74) is 5.84. The van der Waals surface area contributed by atoms with Crippen LogP contribution in [-0.2, 0) is 0 Å². The Hall–Kier alpha value is -1.76. The first-order valence-corrected chi connectivity index (χ1v) is 6.21. The lowest BCUT2D eigenvalue weighted by atomic mass is 10.2. The Morgan fingerprint density at radius 2 is 1.94 bits per heavy atom. The van der Waals surface area contributed by atoms with Crippen molar-refractivity contribution in [2.24, 2.45) is 0 Å². The van der Waals surface area contributed by atoms with Crippen LogP contribution < -0.4 is 10.5 Å². The summed E-state index contributed by atoms with van der Waals surface area (Å²) < 4.78 is 6.58. The zero-order valence-corrected chi connectivity index (χ0v) is 11.4. The Balaban J connectivity index is 2.33. The van der Waals surface area contributed by atoms with Crippen molar-refractivity contribution >= 4 is 34.2 Å². The van der Waals surface area contributed by atoms with Gasteiger partial charge < -0.3 is 15.6 Å². The standard InChI is InChI=1S/C13H10INO3/c14-10-3-1-2-4-12(10)18-8-5-6-11(15)9(7-8)13(16)17/h1-7H,15H2,(H,16,17). The topological polar surface area (TPSA) is 72.5 Å². The van der Waals surface area contributed by atoms with Gasteiger partial charge in [0, 0.05) is 5.69 Å². The smallest absolute Gasteiger partial charge is 0.337 e. The van der Waals surface area contributed by atoms with E-state index in [-0.39, 0.29) is 11.3 Å². The molecule has 0 atom stereocenters. The van der Waals surface area contributed by atoms with Crippen LogP contribution in [0.15, 0.2) is 42.5 Å². The van der Waals surface area contributed by atoms with Gasteiger partial charge in [-0.15, -0.1) is 0 Å². The molecule has 18 heavy (non-hydrogen) atoms. The zero-order chi connectivity index (χ0) is 13.1. The van der Waals surface area contributed by atoms with Gasteiger partial charge >= 0.3 is 5.97 Å². The molecule has 2 aromatic carbocycles. The van der Waals surface area contributed by atoms with Gasteiger partial charge in [0.25, 0.3) is 0 Å². The number of hydrogen-bond donors (Lipinski definition) is 2. The van der Waals surface area contributed by atoms with E-state index in [1.165, 1.54) is 12.1 Å². The molecule has 0 saturated carbocycles. The minimum absolute atomic E-state index is 0.0402. The number of carboxylic acids is 1. The van der Waals surface area contributed by atoms with Gasteiger partial charge in [-0.05, 0) is 52.9 Å². The molecule has 0 aliphatic heterocycles. The fourth-order valence-electron chi connectivity index (χ4n) is 1.44. The molecular weight excluding hydrogens is 345 g/mol. The largest absolute Gasteiger partial charge is 0.478 e. The number of carbonyl (C=O) groups is 1. The predicted octanol–water partition coefficient (Wildman–Crippen LogP) is 3.36. The van der Waals surface area contributed by atoms with E-state index in [1.54, 1.807) is 6.07 Å². The number of carboxylic acid groups (broad SMARTS) is 1. The Morgan fingerprint density at radius 1 is 1.22 bits per heavy atom. The van der Waals surface area contributed by atoms with Crippen molar-refractivity contribution in [3.05, 3.63) is 51.6 Å². The molecule has 0 radical (unpaired) electrons. The molecule has 5 heteroatoms. The van der Waals surface area contributed by atoms with E-state index in [0.29, 0.717) is 11.5 Å². The highest BCUT2D eigenvalue weighted by atomic mass is 127. The van der Waals surface area contributed by atoms with Gasteiger partial charge in [0.05, 0.1) is 9.13 Å². The van der Waals surface area contributed by atoms with Crippen LogP contribution in [0.4, 0.5) is 5.69 Å². The summed E-state index contributed by atoms with van der Waals surface area (Å²) in [6.45, 7) is 0. The summed E-state index contributed by atoms with van der Waals surface area (Å²) in [6, 6.07) is 12.1. The fourth-order valence-corrected chi connectivity index (χ4v) is 1.94. The van der Waals surface area contributed by atoms with Gasteiger partial charge in [-0.25, -0.2) is 4.79 Å². The highest BCUT2D eigenvalue weighted by Gasteiger charge is 2.10. The van der Waals surface area contributed by atoms with Crippen molar-refractivity contribution in [1.29, 1.82) is 0 Å². The van der Waals surface area contributed by atoms with E-state index in [2.05, 4.69) is 22.6 Å². The monoisotopic (exact) mass is 355 g/mol. The molecule has 2 aromatic rings. The number of ether oxygens (including phenoxy) is 1. The number of halogens is 1. The van der Waals surface area contributed by atoms with E-state index in [4.69, 9.17) is 15.6 Å². The average molecular weight is 355 g/mol. The third-order valence-corrected chi connectivity index (χ3v) is 3.21. The van der Waals surface area contributed by atoms with Crippen LogP contribution in [0.3, 0.4) is 0 Å². The molecule has 0 spiro atoms. The van der Waals surface area contributed by atoms with Gasteiger partial charge in [-0.2, -0.15) is 0 Å². The predicted molar refractivity (Wildman–Crippen MR) is 77.0 cm³/mol. The second-order valence-corrected chi connectivity index (χ2v) is 4.75. The highest BCUT2D eigenvalue weighted by molar-refractivity contribution is 14.1. The van der Waals surface area contributed by atoms with Crippen LogP contribution >= 0.6 is 22.6 Å². The maximum atomic E-state index is 11.0. The van der Waals surface area contributed by atoms with E-state index in [1.807, 2.05) is 24.3 Å². The lowest BCUT2D eigenvalue weighted by Crippen LogP contribution is -2.02. The van der Waals surface area contributed by atoms with Crippen molar-refractivity contribution in [2.45, 2.75) is 0 Å². The summed E-state index contributed by atoms with van der Waals surface area (Å²) in [7, 11) is 0. The van der Waals surface area contributed by atoms with Crippen molar-refractivity contribution in [3.63, 3.8) is 0 Å². The molecule has 0 aliphatic carbocycles. The first-order chi connectivity index (χ1) is 8.58. The molecule has 2 rings (SSSR count). The second kappa shape index (κ2) is 5.26. The maximum absolute atomic E-state index is 11.0. The van der Waals surface area contributed by atoms with Crippen molar-refractivity contribution < 1.29 is 14.6 Å². The van der Waals surface area contributed by atoms with Crippen LogP contribution in [0.1, 0.15) is 10.4 Å². The molecule has 0 aromatic heterocycles. The van der Waals surface area contributed by atoms with E-state index < -0.39 is 5.97 Å². The number of para-hydroxylation sites is 1. The highest BCUT2D eigenvalue weighted by Crippen LogP contribution is 2.28. The normalized spacial score (nSPS) is 10.1. The minimum Gasteiger partial charge on any atom is -0.478 e. The number of aromatic carboxylic acids is 1. The van der Waals surface area contributed by atoms with Crippen molar-refractivity contribution in [1.82, 2.24) is 0 Å². The SMILES string of the molecule is Nc1ccc(Oc2ccccc2I)cc1C(=O)O. The molecule has 3 N–H and O–H groups in total. The summed E-state index contributed by atoms with van der Waals surface area (Å²) in [4.78, 5) is 11.0. The Kier molecular flexibility index (Phi) is 3.71. The van der Waals surface area contributed by atoms with Crippen molar-refractivity contribution in [3.8, 4) is 11.5 Å². The molecule has 0 amide bonds. The Morgan fingerprint density at radius 3 is 2.61 bits per heavy atom. The summed E-state index contributed by atoms with van der Waals surface area (Å²) in [6.07, 6.45) is 0. The number of nitrogens with two attached hydrogens (primary N) is 1. The molecule has 0 saturated heterocycles. The maximum Gasteiger partial charge on any atom is 0.337 e. The molecular formula is C13H10INO3. The van der Waals surface area contributed by atoms with Gasteiger partial charge in [0.2, 0.25) is 0 Å². The van der Waals surface area contributed by atoms with E-state index in [9.17, 15) is 4.79 Å². The van der Waals surface area contributed by atoms with Crippen LogP contribution in [0.5, 0.6) is 11.5 Å². The molecule has 0 fully saturated rings. The molecule has 4 nitrogen and oxygen atoms in total. The van der Waals surface area contributed by atoms with Gasteiger partial charge in [-0.1, -0.05) is 12.1 Å². The minimum atomic E-state index is -1.07. The quantitative estimate of drug-likeness (QED) is 0.654. The van der Waals surface area contributed by atoms with E-state index >= 15 is 0 Å². The zero-order valence-electron chi connectivity index (χ0n) is 9.26. The number of anilines is 1. The summed E-state index contributed by atoms with van der Waals surface area (Å²) >= 11 is 2.15. The van der Waals surface area contributed by atoms with Gasteiger partial charge in [0.1, 0.15) is 11.5 Å². The molecule has 0 unspecified atom stereocenters. The first kappa shape index (κ1) is 12.7. The number of rotatable bonds is 3. The molecule has 0 aliphatic rings. The third-order valence-electron chi connectivity index (χ3n) is 2.32. The number of hydrogen-bond acceptors (Lipinski definition) is 3. The third kappa shape index (κ3) is 2.73. The van der Waals surface area contributed by atoms with Crippen LogP contribution in [0.2, 0.25) is 0 Å². The average Bonchev–Trinajstić information content (AvgIpc) is 2.34. The second-order valence-electron chi connectivity index (χ2n) is 3.59. The first-order valence-electron chi connectivity index (χ1n) is 5.13. The van der Waals surface area contributed by atoms with Crippen LogP contribution in [0, 0.1) is 3.57 Å². The van der Waals surface area contributed by atoms with Crippen molar-refractivity contribution in [2.75, 3.05) is 5.73 Å². The lowest BCUT2D eigenvalue weighted by Gasteiger charge is -2.09. The van der Waals surface area contributed by atoms with Gasteiger partial charge in [-0.3, -0.25) is 0 Å². The number of nitrogen functional groups attached to an aromatic ring is 1. The van der Waals surface area contributed by atoms with E-state index in [0.717, 1.165) is 3.57 Å². The van der Waals surface area contributed by atoms with Crippen LogP contribution in [0.25, 0.3) is 0 Å². The van der Waals surface area contributed by atoms with Crippen LogP contribution in [-0.4, -0.2) is 11.1 Å². The Labute approximate surface area is 118 Å². The number of benzene rings is 2. The molecule has 0 bridgehead atoms. The summed E-state index contributed by atoms with van der Waals surface area (Å²) in [5.74, 6) is 0.0608. The Bertz CT molecular complexity index is 599. The lowest BCUT2D eigenvalue weighted by molar-refractivity contribution is 0.0697. The summed E-state index contributed by atoms with van der Waals surface area (Å²) in [5, 5.41) is 8.97.